The third kappa shape index (κ3) is 5.45. The SMILES string of the molecule is CCc1ccc(OCC(=O)N[C@H](C(=O)O)C(C)(C)C)cc1. The van der Waals surface area contributed by atoms with E-state index in [1.165, 1.54) is 5.56 Å². The van der Waals surface area contributed by atoms with Crippen LogP contribution in [0.2, 0.25) is 0 Å². The van der Waals surface area contributed by atoms with Crippen LogP contribution in [0.4, 0.5) is 0 Å². The van der Waals surface area contributed by atoms with Crippen LogP contribution in [0.25, 0.3) is 0 Å². The summed E-state index contributed by atoms with van der Waals surface area (Å²) in [5, 5.41) is 11.6. The lowest BCUT2D eigenvalue weighted by molar-refractivity contribution is -0.145. The van der Waals surface area contributed by atoms with Gasteiger partial charge in [-0.3, -0.25) is 4.79 Å². The summed E-state index contributed by atoms with van der Waals surface area (Å²) in [5.41, 5.74) is 0.620. The van der Waals surface area contributed by atoms with Crippen LogP contribution in [-0.2, 0) is 16.0 Å². The molecule has 2 N–H and O–H groups in total. The molecule has 0 fully saturated rings. The number of aryl methyl sites for hydroxylation is 1. The second-order valence-corrected chi connectivity index (χ2v) is 5.99. The molecule has 5 heteroatoms. The summed E-state index contributed by atoms with van der Waals surface area (Å²) in [7, 11) is 0. The smallest absolute Gasteiger partial charge is 0.326 e. The zero-order chi connectivity index (χ0) is 16.0. The summed E-state index contributed by atoms with van der Waals surface area (Å²) in [5.74, 6) is -0.912. The fraction of sp³-hybridized carbons (Fsp3) is 0.500. The molecule has 21 heavy (non-hydrogen) atoms. The van der Waals surface area contributed by atoms with Crippen LogP contribution >= 0.6 is 0 Å². The van der Waals surface area contributed by atoms with Gasteiger partial charge in [-0.2, -0.15) is 0 Å². The Morgan fingerprint density at radius 3 is 2.24 bits per heavy atom. The Labute approximate surface area is 125 Å². The summed E-state index contributed by atoms with van der Waals surface area (Å²) in [6.45, 7) is 7.14. The molecule has 116 valence electrons. The molecule has 0 saturated carbocycles. The first kappa shape index (κ1) is 17.0. The van der Waals surface area contributed by atoms with Gasteiger partial charge in [0.2, 0.25) is 0 Å². The second-order valence-electron chi connectivity index (χ2n) is 5.99. The zero-order valence-corrected chi connectivity index (χ0v) is 13.0. The van der Waals surface area contributed by atoms with Crippen molar-refractivity contribution in [2.24, 2.45) is 5.41 Å². The average molecular weight is 293 g/mol. The normalized spacial score (nSPS) is 12.6. The highest BCUT2D eigenvalue weighted by molar-refractivity contribution is 5.84. The summed E-state index contributed by atoms with van der Waals surface area (Å²) in [6, 6.07) is 6.51. The first-order valence-corrected chi connectivity index (χ1v) is 6.98. The number of hydrogen-bond acceptors (Lipinski definition) is 3. The fourth-order valence-corrected chi connectivity index (χ4v) is 1.82. The molecule has 0 heterocycles. The molecule has 0 radical (unpaired) electrons. The van der Waals surface area contributed by atoms with Crippen LogP contribution in [0.3, 0.4) is 0 Å². The van der Waals surface area contributed by atoms with Gasteiger partial charge in [-0.25, -0.2) is 4.79 Å². The first-order chi connectivity index (χ1) is 9.74. The number of carbonyl (C=O) groups excluding carboxylic acids is 1. The molecule has 0 aliphatic rings. The quantitative estimate of drug-likeness (QED) is 0.843. The molecule has 0 unspecified atom stereocenters. The molecule has 1 amide bonds. The van der Waals surface area contributed by atoms with Crippen molar-refractivity contribution in [3.8, 4) is 5.75 Å². The minimum atomic E-state index is -1.05. The Bertz CT molecular complexity index is 488. The van der Waals surface area contributed by atoms with Crippen LogP contribution in [0.5, 0.6) is 5.75 Å². The van der Waals surface area contributed by atoms with Crippen molar-refractivity contribution in [1.29, 1.82) is 0 Å². The van der Waals surface area contributed by atoms with Crippen LogP contribution in [0.15, 0.2) is 24.3 Å². The zero-order valence-electron chi connectivity index (χ0n) is 13.0. The van der Waals surface area contributed by atoms with E-state index >= 15 is 0 Å². The Balaban J connectivity index is 2.54. The van der Waals surface area contributed by atoms with Gasteiger partial charge in [0.1, 0.15) is 11.8 Å². The van der Waals surface area contributed by atoms with E-state index in [0.717, 1.165) is 6.42 Å². The lowest BCUT2D eigenvalue weighted by Gasteiger charge is -2.27. The maximum absolute atomic E-state index is 11.8. The van der Waals surface area contributed by atoms with E-state index in [2.05, 4.69) is 12.2 Å². The predicted molar refractivity (Wildman–Crippen MR) is 80.3 cm³/mol. The summed E-state index contributed by atoms with van der Waals surface area (Å²) < 4.78 is 5.36. The number of amides is 1. The Kier molecular flexibility index (Phi) is 5.76. The maximum atomic E-state index is 11.8. The highest BCUT2D eigenvalue weighted by Crippen LogP contribution is 2.19. The maximum Gasteiger partial charge on any atom is 0.326 e. The van der Waals surface area contributed by atoms with Crippen LogP contribution < -0.4 is 10.1 Å². The molecule has 1 rings (SSSR count). The van der Waals surface area contributed by atoms with Gasteiger partial charge in [-0.05, 0) is 29.5 Å². The van der Waals surface area contributed by atoms with Crippen molar-refractivity contribution in [1.82, 2.24) is 5.32 Å². The third-order valence-corrected chi connectivity index (χ3v) is 3.12. The van der Waals surface area contributed by atoms with E-state index in [9.17, 15) is 9.59 Å². The number of carboxylic acid groups (broad SMARTS) is 1. The monoisotopic (exact) mass is 293 g/mol. The van der Waals surface area contributed by atoms with Crippen LogP contribution in [-0.4, -0.2) is 29.6 Å². The van der Waals surface area contributed by atoms with Gasteiger partial charge in [-0.1, -0.05) is 39.8 Å². The number of ether oxygens (including phenoxy) is 1. The van der Waals surface area contributed by atoms with E-state index in [1.54, 1.807) is 32.9 Å². The van der Waals surface area contributed by atoms with E-state index in [1.807, 2.05) is 12.1 Å². The van der Waals surface area contributed by atoms with Gasteiger partial charge in [-0.15, -0.1) is 0 Å². The van der Waals surface area contributed by atoms with Crippen LogP contribution in [0.1, 0.15) is 33.3 Å². The van der Waals surface area contributed by atoms with Gasteiger partial charge in [0, 0.05) is 0 Å². The van der Waals surface area contributed by atoms with Crippen molar-refractivity contribution >= 4 is 11.9 Å². The second kappa shape index (κ2) is 7.11. The van der Waals surface area contributed by atoms with Crippen molar-refractivity contribution in [2.75, 3.05) is 6.61 Å². The van der Waals surface area contributed by atoms with Crippen molar-refractivity contribution in [3.63, 3.8) is 0 Å². The predicted octanol–water partition coefficient (Wildman–Crippen LogP) is 2.24. The summed E-state index contributed by atoms with van der Waals surface area (Å²) >= 11 is 0. The van der Waals surface area contributed by atoms with Crippen molar-refractivity contribution in [2.45, 2.75) is 40.2 Å². The number of hydrogen-bond donors (Lipinski definition) is 2. The van der Waals surface area contributed by atoms with Gasteiger partial charge < -0.3 is 15.2 Å². The molecule has 0 bridgehead atoms. The van der Waals surface area contributed by atoms with E-state index < -0.39 is 23.3 Å². The molecule has 1 atom stereocenters. The first-order valence-electron chi connectivity index (χ1n) is 6.98. The largest absolute Gasteiger partial charge is 0.484 e. The standard InChI is InChI=1S/C16H23NO4/c1-5-11-6-8-12(9-7-11)21-10-13(18)17-14(15(19)20)16(2,3)4/h6-9,14H,5,10H2,1-4H3,(H,17,18)(H,19,20)/t14-/m1/s1. The highest BCUT2D eigenvalue weighted by Gasteiger charge is 2.32. The van der Waals surface area contributed by atoms with E-state index in [0.29, 0.717) is 5.75 Å². The Hall–Kier alpha value is -2.04. The molecular weight excluding hydrogens is 270 g/mol. The third-order valence-electron chi connectivity index (χ3n) is 3.12. The van der Waals surface area contributed by atoms with Gasteiger partial charge in [0.15, 0.2) is 6.61 Å². The molecular formula is C16H23NO4. The molecule has 0 aromatic heterocycles. The van der Waals surface area contributed by atoms with Crippen molar-refractivity contribution < 1.29 is 19.4 Å². The number of aliphatic carboxylic acids is 1. The molecule has 0 aliphatic carbocycles. The Morgan fingerprint density at radius 1 is 1.24 bits per heavy atom. The average Bonchev–Trinajstić information content (AvgIpc) is 2.41. The van der Waals surface area contributed by atoms with Crippen LogP contribution in [0, 0.1) is 5.41 Å². The van der Waals surface area contributed by atoms with Gasteiger partial charge >= 0.3 is 5.97 Å². The van der Waals surface area contributed by atoms with E-state index in [-0.39, 0.29) is 6.61 Å². The number of nitrogens with one attached hydrogen (secondary N) is 1. The molecule has 0 saturated heterocycles. The summed E-state index contributed by atoms with van der Waals surface area (Å²) in [4.78, 5) is 23.0. The minimum absolute atomic E-state index is 0.203. The van der Waals surface area contributed by atoms with Crippen molar-refractivity contribution in [3.05, 3.63) is 29.8 Å². The topological polar surface area (TPSA) is 75.6 Å². The lowest BCUT2D eigenvalue weighted by atomic mass is 9.87. The molecule has 1 aromatic carbocycles. The summed E-state index contributed by atoms with van der Waals surface area (Å²) in [6.07, 6.45) is 0.937. The van der Waals surface area contributed by atoms with Gasteiger partial charge in [0.05, 0.1) is 0 Å². The molecule has 5 nitrogen and oxygen atoms in total. The minimum Gasteiger partial charge on any atom is -0.484 e. The van der Waals surface area contributed by atoms with Gasteiger partial charge in [0.25, 0.3) is 5.91 Å². The molecule has 1 aromatic rings. The number of carbonyl (C=O) groups is 2. The highest BCUT2D eigenvalue weighted by atomic mass is 16.5. The lowest BCUT2D eigenvalue weighted by Crippen LogP contribution is -2.50. The molecule has 0 spiro atoms. The number of rotatable bonds is 6. The fourth-order valence-electron chi connectivity index (χ4n) is 1.82. The molecule has 0 aliphatic heterocycles. The number of carboxylic acids is 1. The Morgan fingerprint density at radius 2 is 1.81 bits per heavy atom. The van der Waals surface area contributed by atoms with E-state index in [4.69, 9.17) is 9.84 Å². The number of benzene rings is 1.